The van der Waals surface area contributed by atoms with Crippen LogP contribution in [-0.2, 0) is 42.5 Å². The molecule has 0 aliphatic heterocycles. The van der Waals surface area contributed by atoms with Gasteiger partial charge in [-0.1, -0.05) is 52.1 Å². The van der Waals surface area contributed by atoms with Gasteiger partial charge in [-0.05, 0) is 168 Å². The minimum Gasteiger partial charge on any atom is -0.478 e. The maximum Gasteiger partial charge on any atom is 0.416 e. The summed E-state index contributed by atoms with van der Waals surface area (Å²) in [5.74, 6) is -3.38. The summed E-state index contributed by atoms with van der Waals surface area (Å²) < 4.78 is 137. The van der Waals surface area contributed by atoms with E-state index in [0.717, 1.165) is 80.5 Å². The molecule has 0 bridgehead atoms. The van der Waals surface area contributed by atoms with Crippen molar-refractivity contribution < 1.29 is 73.0 Å². The number of carboxylic acid groups (broad SMARTS) is 1. The quantitative estimate of drug-likeness (QED) is 0.0269. The van der Waals surface area contributed by atoms with E-state index in [1.807, 2.05) is 52.0 Å². The van der Waals surface area contributed by atoms with Gasteiger partial charge in [0.1, 0.15) is 44.3 Å². The highest BCUT2D eigenvalue weighted by Crippen LogP contribution is 2.37. The van der Waals surface area contributed by atoms with Crippen molar-refractivity contribution in [2.45, 2.75) is 67.0 Å². The first-order valence-corrected chi connectivity index (χ1v) is 38.4. The molecule has 0 saturated carbocycles. The maximum absolute atomic E-state index is 13.3. The predicted molar refractivity (Wildman–Crippen MR) is 462 cm³/mol. The number of nitrogens with two attached hydrogens (primary N) is 4. The fraction of sp³-hybridized carbons (Fsp3) is 0.114. The van der Waals surface area contributed by atoms with Gasteiger partial charge in [0.05, 0.1) is 49.6 Å². The Morgan fingerprint density at radius 3 is 0.924 bits per heavy atom. The zero-order valence-electron chi connectivity index (χ0n) is 69.5. The van der Waals surface area contributed by atoms with Crippen molar-refractivity contribution >= 4 is 100 Å². The second-order valence-electron chi connectivity index (χ2n) is 28.5. The highest BCUT2D eigenvalue weighted by Gasteiger charge is 2.34. The van der Waals surface area contributed by atoms with Gasteiger partial charge in [-0.25, -0.2) is 78.0 Å². The lowest BCUT2D eigenvalue weighted by molar-refractivity contribution is -0.138. The number of carboxylic acids is 1. The van der Waals surface area contributed by atoms with Crippen LogP contribution in [0.4, 0.5) is 43.9 Å². The third-order valence-corrected chi connectivity index (χ3v) is 18.1. The molecule has 0 aliphatic rings. The molecule has 9 N–H and O–H groups in total. The predicted octanol–water partition coefficient (Wildman–Crippen LogP) is 14.5. The number of primary amides is 4. The van der Waals surface area contributed by atoms with E-state index in [-0.39, 0.29) is 67.6 Å². The summed E-state index contributed by atoms with van der Waals surface area (Å²) in [5.41, 5.74) is 29.8. The van der Waals surface area contributed by atoms with Gasteiger partial charge in [-0.15, -0.1) is 25.5 Å². The molecule has 32 nitrogen and oxygen atoms in total. The molecule has 131 heavy (non-hydrogen) atoms. The van der Waals surface area contributed by atoms with Gasteiger partial charge < -0.3 is 28.0 Å². The van der Waals surface area contributed by atoms with Crippen LogP contribution >= 0.6 is 11.6 Å². The molecular weight excluding hydrogens is 1740 g/mol. The first-order chi connectivity index (χ1) is 62.0. The molecule has 15 rings (SSSR count). The lowest BCUT2D eigenvalue weighted by Gasteiger charge is -2.09. The monoisotopic (exact) mass is 1810 g/mol. The topological polar surface area (TPSA) is 453 Å². The molecule has 10 aromatic heterocycles. The van der Waals surface area contributed by atoms with E-state index in [2.05, 4.69) is 97.4 Å². The molecule has 0 atom stereocenters. The molecule has 666 valence electrons. The van der Waals surface area contributed by atoms with E-state index in [0.29, 0.717) is 55.6 Å². The summed E-state index contributed by atoms with van der Waals surface area (Å²) in [6.07, 6.45) is 15.3. The normalized spacial score (nSPS) is 12.0. The fourth-order valence-electron chi connectivity index (χ4n) is 12.3. The minimum absolute atomic E-state index is 0.0366. The second kappa shape index (κ2) is 41.4. The molecule has 5 aromatic carbocycles. The van der Waals surface area contributed by atoms with Gasteiger partial charge in [0.15, 0.2) is 29.1 Å². The van der Waals surface area contributed by atoms with E-state index < -0.39 is 70.8 Å². The van der Waals surface area contributed by atoms with Crippen LogP contribution in [-0.4, -0.2) is 143 Å². The standard InChI is InChI=1S/C18H16ClN5O.C18H14F3N5O.C18H16FN5O.C17H13F3N6O.C17H12F3N5O2/c1-11-3-12(2)5-13(4-11)18-22-10-24(23-18)9-16(17(20)25)14-6-15(19)8-21-7-14;1-11-5-13(7-14(6-11)18(19,20)21)17-24-10-26(25-17)9-15(16(22)27)12-3-2-4-23-8-12;1-11-5-12(2)7-14(6-11)18-22-10-24(23-18)9-15(17(20)25)13-3-4-21-16(19)8-13;1-10-2-11(4-13(3-10)17(18,19)20)16-24-9-26(25-16)7-14(15(21)27)12-5-22-8-23-6-12;1-10-2-11(4-13(3-10)17(18,19)20)15-23-9-25(24-15)7-14(16(26)27)12-5-21-8-22-6-12/h3-10H,1-2H3,(H2,20,25);2-10H,1H3,(H2,22,27);3-10H,1-2H3,(H2,20,25);2-9H,1H3,(H2,21,27);2-9H,1H3,(H,26,27)/b16-9+;2*15-9+;2*14-7+. The van der Waals surface area contributed by atoms with E-state index in [1.165, 1.54) is 163 Å². The Morgan fingerprint density at radius 1 is 0.328 bits per heavy atom. The highest BCUT2D eigenvalue weighted by atomic mass is 35.5. The number of halogens is 11. The third kappa shape index (κ3) is 26.3. The number of amides is 4. The summed E-state index contributed by atoms with van der Waals surface area (Å²) >= 11 is 5.93. The van der Waals surface area contributed by atoms with Crippen molar-refractivity contribution in [2.24, 2.45) is 22.9 Å². The minimum atomic E-state index is -4.49. The zero-order chi connectivity index (χ0) is 94.8. The Hall–Kier alpha value is -17.0. The third-order valence-electron chi connectivity index (χ3n) is 17.9. The lowest BCUT2D eigenvalue weighted by Crippen LogP contribution is -2.14. The first-order valence-electron chi connectivity index (χ1n) is 38.0. The van der Waals surface area contributed by atoms with Gasteiger partial charge in [-0.3, -0.25) is 29.1 Å². The zero-order valence-corrected chi connectivity index (χ0v) is 70.2. The van der Waals surface area contributed by atoms with Crippen LogP contribution in [0.3, 0.4) is 0 Å². The molecule has 4 amide bonds. The Bertz CT molecular complexity index is 6290. The van der Waals surface area contributed by atoms with Crippen LogP contribution in [0.5, 0.6) is 0 Å². The SMILES string of the molecule is Cc1cc(-c2ncn(/C=C(/C(=O)O)c3cncnc3)n2)cc(C(F)(F)F)c1.Cc1cc(-c2ncn(/C=C(/C(N)=O)c3cccnc3)n2)cc(C(F)(F)F)c1.Cc1cc(-c2ncn(/C=C(/C(N)=O)c3cncnc3)n2)cc(C(F)(F)F)c1.Cc1cc(C)cc(-c2ncn(/C=C(/C(N)=O)c3ccnc(F)c3)n2)c1.Cc1cc(C)cc(-c2ncn(/C=C(/C(N)=O)c3cncc(Cl)c3)n2)c1. The van der Waals surface area contributed by atoms with Crippen molar-refractivity contribution in [1.82, 2.24) is 109 Å². The molecular formula is C88H71ClF10N26O6. The van der Waals surface area contributed by atoms with Crippen LogP contribution in [0.1, 0.15) is 83.5 Å². The van der Waals surface area contributed by atoms with Crippen molar-refractivity contribution in [3.05, 3.63) is 316 Å². The van der Waals surface area contributed by atoms with Crippen molar-refractivity contribution in [1.29, 1.82) is 0 Å². The Labute approximate surface area is 741 Å². The van der Waals surface area contributed by atoms with Crippen LogP contribution < -0.4 is 22.9 Å². The first kappa shape index (κ1) is 94.7. The van der Waals surface area contributed by atoms with Crippen molar-refractivity contribution in [3.8, 4) is 56.9 Å². The molecule has 0 aliphatic carbocycles. The molecule has 43 heteroatoms. The lowest BCUT2D eigenvalue weighted by atomic mass is 10.1. The van der Waals surface area contributed by atoms with Crippen molar-refractivity contribution in [3.63, 3.8) is 0 Å². The number of carbonyl (C=O) groups is 5. The van der Waals surface area contributed by atoms with Crippen LogP contribution in [0.25, 0.3) is 116 Å². The Morgan fingerprint density at radius 2 is 0.618 bits per heavy atom. The number of pyridine rings is 3. The largest absolute Gasteiger partial charge is 0.478 e. The number of benzene rings is 5. The number of alkyl halides is 9. The van der Waals surface area contributed by atoms with Crippen LogP contribution in [0, 0.1) is 54.4 Å². The number of hydrogen-bond acceptors (Lipinski definition) is 22. The average molecular weight is 1810 g/mol. The van der Waals surface area contributed by atoms with E-state index in [9.17, 15) is 73.0 Å². The Balaban J connectivity index is 0.000000158. The molecule has 10 heterocycles. The number of aliphatic carboxylic acids is 1. The van der Waals surface area contributed by atoms with E-state index >= 15 is 0 Å². The number of carbonyl (C=O) groups excluding carboxylic acids is 4. The molecule has 15 aromatic rings. The molecule has 0 radical (unpaired) electrons. The molecule has 0 unspecified atom stereocenters. The summed E-state index contributed by atoms with van der Waals surface area (Å²) in [7, 11) is 0. The number of rotatable bonds is 20. The second-order valence-corrected chi connectivity index (χ2v) is 28.9. The van der Waals surface area contributed by atoms with Gasteiger partial charge in [0.25, 0.3) is 23.6 Å². The van der Waals surface area contributed by atoms with Gasteiger partial charge in [-0.2, -0.15) is 43.9 Å². The summed E-state index contributed by atoms with van der Waals surface area (Å²) in [4.78, 5) is 106. The number of hydrogen-bond donors (Lipinski definition) is 5. The molecule has 0 saturated heterocycles. The summed E-state index contributed by atoms with van der Waals surface area (Å²) in [5, 5.41) is 30.8. The number of aromatic nitrogens is 22. The van der Waals surface area contributed by atoms with Gasteiger partial charge >= 0.3 is 24.5 Å². The highest BCUT2D eigenvalue weighted by molar-refractivity contribution is 6.31. The van der Waals surface area contributed by atoms with Crippen molar-refractivity contribution in [2.75, 3.05) is 0 Å². The number of aryl methyl sites for hydroxylation is 7. The van der Waals surface area contributed by atoms with Crippen LogP contribution in [0.15, 0.2) is 221 Å². The summed E-state index contributed by atoms with van der Waals surface area (Å²) in [6.45, 7) is 12.7. The van der Waals surface area contributed by atoms with Gasteiger partial charge in [0, 0.05) is 143 Å². The molecule has 0 spiro atoms. The average Bonchev–Trinajstić information content (AvgIpc) is 1.79. The molecule has 0 fully saturated rings. The number of nitrogens with zero attached hydrogens (tertiary/aromatic N) is 22. The maximum atomic E-state index is 13.3. The fourth-order valence-corrected chi connectivity index (χ4v) is 12.5. The van der Waals surface area contributed by atoms with E-state index in [1.54, 1.807) is 50.4 Å². The smallest absolute Gasteiger partial charge is 0.416 e. The summed E-state index contributed by atoms with van der Waals surface area (Å²) in [6, 6.07) is 30.3. The van der Waals surface area contributed by atoms with Crippen LogP contribution in [0.2, 0.25) is 5.02 Å². The van der Waals surface area contributed by atoms with E-state index in [4.69, 9.17) is 34.5 Å². The Kier molecular flexibility index (Phi) is 30.0. The van der Waals surface area contributed by atoms with Gasteiger partial charge in [0.2, 0.25) is 5.95 Å².